The van der Waals surface area contributed by atoms with Gasteiger partial charge in [-0.25, -0.2) is 0 Å². The number of anilines is 1. The average molecular weight is 367 g/mol. The molecule has 144 valence electrons. The van der Waals surface area contributed by atoms with Gasteiger partial charge >= 0.3 is 0 Å². The number of hydrogen-bond acceptors (Lipinski definition) is 2. The van der Waals surface area contributed by atoms with E-state index in [1.54, 1.807) is 11.8 Å². The van der Waals surface area contributed by atoms with Gasteiger partial charge in [-0.05, 0) is 36.1 Å². The number of amides is 2. The highest BCUT2D eigenvalue weighted by Crippen LogP contribution is 2.21. The number of nitrogens with zero attached hydrogens (tertiary/aromatic N) is 2. The summed E-state index contributed by atoms with van der Waals surface area (Å²) < 4.78 is 0. The Labute approximate surface area is 162 Å². The number of carbonyl (C=O) groups excluding carboxylic acids is 2. The monoisotopic (exact) mass is 366 g/mol. The Kier molecular flexibility index (Phi) is 7.59. The van der Waals surface area contributed by atoms with Gasteiger partial charge in [0, 0.05) is 38.7 Å². The molecule has 0 saturated heterocycles. The number of hydrogen-bond donors (Lipinski definition) is 0. The summed E-state index contributed by atoms with van der Waals surface area (Å²) in [4.78, 5) is 28.3. The second kappa shape index (κ2) is 9.91. The largest absolute Gasteiger partial charge is 0.339 e. The predicted molar refractivity (Wildman–Crippen MR) is 111 cm³/mol. The van der Waals surface area contributed by atoms with E-state index in [0.717, 1.165) is 11.3 Å². The van der Waals surface area contributed by atoms with Crippen molar-refractivity contribution in [1.82, 2.24) is 4.90 Å². The summed E-state index contributed by atoms with van der Waals surface area (Å²) in [6.45, 7) is 9.44. The molecule has 0 aliphatic carbocycles. The zero-order valence-electron chi connectivity index (χ0n) is 16.8. The minimum atomic E-state index is -0.0498. The lowest BCUT2D eigenvalue weighted by molar-refractivity contribution is -0.131. The van der Waals surface area contributed by atoms with E-state index in [1.807, 2.05) is 66.4 Å². The van der Waals surface area contributed by atoms with E-state index in [0.29, 0.717) is 32.0 Å². The van der Waals surface area contributed by atoms with Crippen molar-refractivity contribution < 1.29 is 9.59 Å². The molecule has 0 spiro atoms. The summed E-state index contributed by atoms with van der Waals surface area (Å²) in [5.74, 6) is 0.458. The first-order valence-electron chi connectivity index (χ1n) is 9.62. The van der Waals surface area contributed by atoms with Crippen LogP contribution in [0.1, 0.15) is 51.2 Å². The molecule has 2 aromatic carbocycles. The molecule has 0 atom stereocenters. The van der Waals surface area contributed by atoms with E-state index >= 15 is 0 Å². The highest BCUT2D eigenvalue weighted by Gasteiger charge is 2.17. The van der Waals surface area contributed by atoms with Crippen molar-refractivity contribution in [2.75, 3.05) is 18.0 Å². The van der Waals surface area contributed by atoms with Crippen LogP contribution >= 0.6 is 0 Å². The zero-order chi connectivity index (χ0) is 19.8. The van der Waals surface area contributed by atoms with Crippen molar-refractivity contribution in [3.63, 3.8) is 0 Å². The molecule has 2 rings (SSSR count). The van der Waals surface area contributed by atoms with Crippen LogP contribution in [0.25, 0.3) is 0 Å². The number of rotatable bonds is 8. The van der Waals surface area contributed by atoms with E-state index in [9.17, 15) is 9.59 Å². The van der Waals surface area contributed by atoms with E-state index in [4.69, 9.17) is 0 Å². The van der Waals surface area contributed by atoms with Crippen LogP contribution in [-0.2, 0) is 16.1 Å². The van der Waals surface area contributed by atoms with Crippen molar-refractivity contribution in [1.29, 1.82) is 0 Å². The molecule has 0 aliphatic heterocycles. The molecular formula is C23H30N2O2. The maximum absolute atomic E-state index is 12.7. The molecule has 0 saturated carbocycles. The lowest BCUT2D eigenvalue weighted by atomic mass is 10.0. The van der Waals surface area contributed by atoms with E-state index in [-0.39, 0.29) is 11.8 Å². The fourth-order valence-corrected chi connectivity index (χ4v) is 3.05. The fourth-order valence-electron chi connectivity index (χ4n) is 3.05. The highest BCUT2D eigenvalue weighted by atomic mass is 16.2. The highest BCUT2D eigenvalue weighted by molar-refractivity contribution is 5.92. The van der Waals surface area contributed by atoms with Gasteiger partial charge in [-0.15, -0.1) is 0 Å². The summed E-state index contributed by atoms with van der Waals surface area (Å²) in [6.07, 6.45) is 0.312. The molecule has 2 amide bonds. The maximum Gasteiger partial charge on any atom is 0.224 e. The fraction of sp³-hybridized carbons (Fsp3) is 0.391. The van der Waals surface area contributed by atoms with E-state index in [1.165, 1.54) is 5.56 Å². The summed E-state index contributed by atoms with van der Waals surface area (Å²) in [5, 5.41) is 0. The first-order chi connectivity index (χ1) is 12.9. The molecular weight excluding hydrogens is 336 g/mol. The molecule has 0 aromatic heterocycles. The molecule has 2 aromatic rings. The first-order valence-corrected chi connectivity index (χ1v) is 9.62. The molecule has 4 heteroatoms. The summed E-state index contributed by atoms with van der Waals surface area (Å²) in [7, 11) is 0. The van der Waals surface area contributed by atoms with Gasteiger partial charge in [-0.2, -0.15) is 0 Å². The Morgan fingerprint density at radius 1 is 0.963 bits per heavy atom. The second-order valence-corrected chi connectivity index (χ2v) is 7.06. The van der Waals surface area contributed by atoms with Crippen LogP contribution in [0.15, 0.2) is 54.6 Å². The second-order valence-electron chi connectivity index (χ2n) is 7.06. The van der Waals surface area contributed by atoms with Gasteiger partial charge in [0.25, 0.3) is 0 Å². The SMILES string of the molecule is CCN(Cc1ccccc1)C(=O)CCN(C(C)=O)c1ccc(C(C)C)cc1. The average Bonchev–Trinajstić information content (AvgIpc) is 2.67. The van der Waals surface area contributed by atoms with Crippen molar-refractivity contribution >= 4 is 17.5 Å². The Bertz CT molecular complexity index is 739. The van der Waals surface area contributed by atoms with Crippen LogP contribution < -0.4 is 4.90 Å². The first kappa shape index (κ1) is 20.7. The smallest absolute Gasteiger partial charge is 0.224 e. The van der Waals surface area contributed by atoms with Gasteiger partial charge in [0.1, 0.15) is 0 Å². The molecule has 0 heterocycles. The van der Waals surface area contributed by atoms with Crippen molar-refractivity contribution in [2.45, 2.75) is 46.6 Å². The number of carbonyl (C=O) groups is 2. The third-order valence-electron chi connectivity index (χ3n) is 4.75. The standard InChI is InChI=1S/C23H30N2O2/c1-5-24(17-20-9-7-6-8-10-20)23(27)15-16-25(19(4)26)22-13-11-21(12-14-22)18(2)3/h6-14,18H,5,15-17H2,1-4H3. The quantitative estimate of drug-likeness (QED) is 0.685. The van der Waals surface area contributed by atoms with Gasteiger partial charge in [0.05, 0.1) is 0 Å². The molecule has 0 radical (unpaired) electrons. The summed E-state index contributed by atoms with van der Waals surface area (Å²) in [6, 6.07) is 18.0. The van der Waals surface area contributed by atoms with Gasteiger partial charge in [0.2, 0.25) is 11.8 Å². The molecule has 27 heavy (non-hydrogen) atoms. The van der Waals surface area contributed by atoms with Crippen LogP contribution in [-0.4, -0.2) is 29.8 Å². The molecule has 0 aliphatic rings. The maximum atomic E-state index is 12.7. The van der Waals surface area contributed by atoms with Crippen molar-refractivity contribution in [2.24, 2.45) is 0 Å². The lowest BCUT2D eigenvalue weighted by Gasteiger charge is -2.25. The predicted octanol–water partition coefficient (Wildman–Crippen LogP) is 4.60. The Hall–Kier alpha value is -2.62. The van der Waals surface area contributed by atoms with Crippen molar-refractivity contribution in [3.05, 3.63) is 65.7 Å². The van der Waals surface area contributed by atoms with E-state index < -0.39 is 0 Å². The summed E-state index contributed by atoms with van der Waals surface area (Å²) in [5.41, 5.74) is 3.18. The van der Waals surface area contributed by atoms with Gasteiger partial charge < -0.3 is 9.80 Å². The van der Waals surface area contributed by atoms with Gasteiger partial charge in [-0.1, -0.05) is 56.3 Å². The normalized spacial score (nSPS) is 10.7. The van der Waals surface area contributed by atoms with E-state index in [2.05, 4.69) is 13.8 Å². The molecule has 4 nitrogen and oxygen atoms in total. The summed E-state index contributed by atoms with van der Waals surface area (Å²) >= 11 is 0. The van der Waals surface area contributed by atoms with Crippen molar-refractivity contribution in [3.8, 4) is 0 Å². The van der Waals surface area contributed by atoms with Crippen LogP contribution in [0.3, 0.4) is 0 Å². The molecule has 0 N–H and O–H groups in total. The third-order valence-corrected chi connectivity index (χ3v) is 4.75. The van der Waals surface area contributed by atoms with Crippen LogP contribution in [0.2, 0.25) is 0 Å². The lowest BCUT2D eigenvalue weighted by Crippen LogP contribution is -2.36. The molecule has 0 bridgehead atoms. The Morgan fingerprint density at radius 2 is 1.59 bits per heavy atom. The zero-order valence-corrected chi connectivity index (χ0v) is 16.8. The topological polar surface area (TPSA) is 40.6 Å². The molecule has 0 fully saturated rings. The minimum Gasteiger partial charge on any atom is -0.339 e. The minimum absolute atomic E-state index is 0.0498. The Morgan fingerprint density at radius 3 is 2.11 bits per heavy atom. The Balaban J connectivity index is 2.01. The van der Waals surface area contributed by atoms with Crippen LogP contribution in [0.5, 0.6) is 0 Å². The van der Waals surface area contributed by atoms with Crippen LogP contribution in [0.4, 0.5) is 5.69 Å². The van der Waals surface area contributed by atoms with Gasteiger partial charge in [0.15, 0.2) is 0 Å². The number of benzene rings is 2. The molecule has 0 unspecified atom stereocenters. The third kappa shape index (κ3) is 5.95. The van der Waals surface area contributed by atoms with Gasteiger partial charge in [-0.3, -0.25) is 9.59 Å². The van der Waals surface area contributed by atoms with Crippen LogP contribution in [0, 0.1) is 0 Å².